The van der Waals surface area contributed by atoms with Crippen molar-refractivity contribution in [2.45, 2.75) is 29.2 Å². The van der Waals surface area contributed by atoms with Gasteiger partial charge >= 0.3 is 0 Å². The summed E-state index contributed by atoms with van der Waals surface area (Å²) in [4.78, 5) is 4.41. The predicted octanol–water partition coefficient (Wildman–Crippen LogP) is 2.37. The first kappa shape index (κ1) is 22.4. The lowest BCUT2D eigenvalue weighted by Gasteiger charge is -2.18. The molecule has 0 saturated heterocycles. The van der Waals surface area contributed by atoms with E-state index in [1.54, 1.807) is 0 Å². The highest BCUT2D eigenvalue weighted by molar-refractivity contribution is 4.41. The van der Waals surface area contributed by atoms with Gasteiger partial charge in [0.05, 0.1) is 0 Å². The van der Waals surface area contributed by atoms with Crippen molar-refractivity contribution in [1.82, 2.24) is 9.80 Å². The molecule has 0 rings (SSSR count). The van der Waals surface area contributed by atoms with Gasteiger partial charge in [0.15, 0.2) is 0 Å². The molecule has 0 spiro atoms. The molecule has 74 valence electrons. The zero-order chi connectivity index (χ0) is 6.57. The molecular formula is C9H28N2. The zero-order valence-corrected chi connectivity index (χ0v) is 6.31. The standard InChI is InChI=1S/C6H16N2.3CH4/c1-5-8(4)6-7(2)3;;;/h5-6H2,1-4H3;3*1H4. The molecule has 0 aliphatic carbocycles. The van der Waals surface area contributed by atoms with Crippen molar-refractivity contribution in [3.8, 4) is 0 Å². The van der Waals surface area contributed by atoms with E-state index in [-0.39, 0.29) is 22.3 Å². The first-order valence-corrected chi connectivity index (χ1v) is 3.00. The molecule has 11 heavy (non-hydrogen) atoms. The van der Waals surface area contributed by atoms with Crippen LogP contribution < -0.4 is 0 Å². The van der Waals surface area contributed by atoms with E-state index >= 15 is 0 Å². The van der Waals surface area contributed by atoms with Crippen molar-refractivity contribution < 1.29 is 0 Å². The summed E-state index contributed by atoms with van der Waals surface area (Å²) in [7, 11) is 6.26. The lowest BCUT2D eigenvalue weighted by atomic mass is 10.6. The van der Waals surface area contributed by atoms with E-state index in [0.29, 0.717) is 0 Å². The van der Waals surface area contributed by atoms with E-state index in [2.05, 4.69) is 37.9 Å². The second kappa shape index (κ2) is 12.6. The van der Waals surface area contributed by atoms with E-state index in [0.717, 1.165) is 13.2 Å². The van der Waals surface area contributed by atoms with Gasteiger partial charge in [-0.15, -0.1) is 0 Å². The van der Waals surface area contributed by atoms with Gasteiger partial charge in [-0.25, -0.2) is 0 Å². The molecule has 2 heteroatoms. The van der Waals surface area contributed by atoms with Gasteiger partial charge < -0.3 is 0 Å². The Balaban J connectivity index is -0.0000000817. The fourth-order valence-corrected chi connectivity index (χ4v) is 0.583. The maximum Gasteiger partial charge on any atom is 0.0497 e. The molecule has 0 heterocycles. The van der Waals surface area contributed by atoms with Crippen LogP contribution in [0.15, 0.2) is 0 Å². The van der Waals surface area contributed by atoms with Crippen LogP contribution in [-0.4, -0.2) is 44.2 Å². The first-order valence-electron chi connectivity index (χ1n) is 3.00. The van der Waals surface area contributed by atoms with Gasteiger partial charge in [0.2, 0.25) is 0 Å². The lowest BCUT2D eigenvalue weighted by Crippen LogP contribution is -2.29. The van der Waals surface area contributed by atoms with Crippen LogP contribution >= 0.6 is 0 Å². The van der Waals surface area contributed by atoms with Crippen molar-refractivity contribution in [3.63, 3.8) is 0 Å². The number of hydrogen-bond acceptors (Lipinski definition) is 2. The summed E-state index contributed by atoms with van der Waals surface area (Å²) in [5.41, 5.74) is 0. The Morgan fingerprint density at radius 3 is 1.36 bits per heavy atom. The summed E-state index contributed by atoms with van der Waals surface area (Å²) < 4.78 is 0. The fourth-order valence-electron chi connectivity index (χ4n) is 0.583. The van der Waals surface area contributed by atoms with Crippen LogP contribution in [0.2, 0.25) is 0 Å². The summed E-state index contributed by atoms with van der Waals surface area (Å²) in [6.07, 6.45) is 0. The lowest BCUT2D eigenvalue weighted by molar-refractivity contribution is 0.219. The van der Waals surface area contributed by atoms with Gasteiger partial charge in [0.25, 0.3) is 0 Å². The molecule has 0 amide bonds. The van der Waals surface area contributed by atoms with Crippen LogP contribution in [0.5, 0.6) is 0 Å². The van der Waals surface area contributed by atoms with Crippen LogP contribution in [0.1, 0.15) is 29.2 Å². The first-order chi connectivity index (χ1) is 3.66. The van der Waals surface area contributed by atoms with E-state index in [9.17, 15) is 0 Å². The highest BCUT2D eigenvalue weighted by Gasteiger charge is 1.92. The van der Waals surface area contributed by atoms with Crippen molar-refractivity contribution in [1.29, 1.82) is 0 Å². The molecular weight excluding hydrogens is 136 g/mol. The third kappa shape index (κ3) is 17.8. The Morgan fingerprint density at radius 2 is 1.27 bits per heavy atom. The third-order valence-corrected chi connectivity index (χ3v) is 1.06. The molecule has 0 aliphatic rings. The van der Waals surface area contributed by atoms with E-state index in [4.69, 9.17) is 0 Å². The van der Waals surface area contributed by atoms with Crippen LogP contribution in [0.25, 0.3) is 0 Å². The third-order valence-electron chi connectivity index (χ3n) is 1.06. The highest BCUT2D eigenvalue weighted by atomic mass is 15.3. The Kier molecular flexibility index (Phi) is 25.7. The minimum absolute atomic E-state index is 0. The normalized spacial score (nSPS) is 8.18. The molecule has 0 aromatic carbocycles. The summed E-state index contributed by atoms with van der Waals surface area (Å²) in [5.74, 6) is 0. The summed E-state index contributed by atoms with van der Waals surface area (Å²) in [6, 6.07) is 0. The monoisotopic (exact) mass is 164 g/mol. The number of hydrogen-bond donors (Lipinski definition) is 0. The zero-order valence-electron chi connectivity index (χ0n) is 6.31. The highest BCUT2D eigenvalue weighted by Crippen LogP contribution is 1.80. The molecule has 0 atom stereocenters. The Hall–Kier alpha value is -0.0800. The Bertz CT molecular complexity index is 53.5. The van der Waals surface area contributed by atoms with Crippen molar-refractivity contribution >= 4 is 0 Å². The number of nitrogens with zero attached hydrogens (tertiary/aromatic N) is 2. The van der Waals surface area contributed by atoms with E-state index < -0.39 is 0 Å². The minimum Gasteiger partial charge on any atom is -0.297 e. The minimum atomic E-state index is 0. The molecule has 0 aliphatic heterocycles. The molecule has 0 aromatic heterocycles. The summed E-state index contributed by atoms with van der Waals surface area (Å²) in [5, 5.41) is 0. The summed E-state index contributed by atoms with van der Waals surface area (Å²) >= 11 is 0. The van der Waals surface area contributed by atoms with Crippen LogP contribution in [-0.2, 0) is 0 Å². The predicted molar refractivity (Wildman–Crippen MR) is 57.1 cm³/mol. The maximum atomic E-state index is 2.25. The second-order valence-electron chi connectivity index (χ2n) is 2.39. The average molecular weight is 164 g/mol. The van der Waals surface area contributed by atoms with Crippen molar-refractivity contribution in [2.24, 2.45) is 0 Å². The topological polar surface area (TPSA) is 6.48 Å². The average Bonchev–Trinajstić information content (AvgIpc) is 1.65. The molecule has 0 aromatic rings. The van der Waals surface area contributed by atoms with E-state index in [1.165, 1.54) is 0 Å². The second-order valence-corrected chi connectivity index (χ2v) is 2.39. The van der Waals surface area contributed by atoms with Crippen LogP contribution in [0.4, 0.5) is 0 Å². The Morgan fingerprint density at radius 1 is 0.909 bits per heavy atom. The molecule has 0 bridgehead atoms. The van der Waals surface area contributed by atoms with Gasteiger partial charge in [-0.2, -0.15) is 0 Å². The fraction of sp³-hybridized carbons (Fsp3) is 1.00. The quantitative estimate of drug-likeness (QED) is 0.591. The van der Waals surface area contributed by atoms with Gasteiger partial charge in [0.1, 0.15) is 0 Å². The molecule has 0 fully saturated rings. The molecule has 0 radical (unpaired) electrons. The van der Waals surface area contributed by atoms with E-state index in [1.807, 2.05) is 0 Å². The number of rotatable bonds is 3. The van der Waals surface area contributed by atoms with Gasteiger partial charge in [-0.1, -0.05) is 29.2 Å². The summed E-state index contributed by atoms with van der Waals surface area (Å²) in [6.45, 7) is 4.33. The van der Waals surface area contributed by atoms with Crippen molar-refractivity contribution in [3.05, 3.63) is 0 Å². The van der Waals surface area contributed by atoms with Crippen molar-refractivity contribution in [2.75, 3.05) is 34.4 Å². The van der Waals surface area contributed by atoms with Gasteiger partial charge in [-0.05, 0) is 27.7 Å². The smallest absolute Gasteiger partial charge is 0.0497 e. The van der Waals surface area contributed by atoms with Gasteiger partial charge in [0, 0.05) is 6.67 Å². The van der Waals surface area contributed by atoms with Crippen LogP contribution in [0.3, 0.4) is 0 Å². The SMILES string of the molecule is C.C.C.CCN(C)CN(C)C. The molecule has 0 N–H and O–H groups in total. The Labute approximate surface area is 74.2 Å². The molecule has 0 unspecified atom stereocenters. The molecule has 0 saturated carbocycles. The molecule has 2 nitrogen and oxygen atoms in total. The largest absolute Gasteiger partial charge is 0.297 e. The maximum absolute atomic E-state index is 2.25. The van der Waals surface area contributed by atoms with Gasteiger partial charge in [-0.3, -0.25) is 9.80 Å². The van der Waals surface area contributed by atoms with Crippen LogP contribution in [0, 0.1) is 0 Å².